The van der Waals surface area contributed by atoms with E-state index >= 15 is 0 Å². The summed E-state index contributed by atoms with van der Waals surface area (Å²) in [6, 6.07) is 7.77. The molecule has 6 heteroatoms. The lowest BCUT2D eigenvalue weighted by Gasteiger charge is -2.07. The molecule has 0 aromatic heterocycles. The number of hydrogen-bond acceptors (Lipinski definition) is 4. The van der Waals surface area contributed by atoms with E-state index in [1.54, 1.807) is 18.2 Å². The molecule has 0 saturated heterocycles. The van der Waals surface area contributed by atoms with Gasteiger partial charge < -0.3 is 4.74 Å². The van der Waals surface area contributed by atoms with Gasteiger partial charge >= 0.3 is 12.3 Å². The van der Waals surface area contributed by atoms with Crippen LogP contribution < -0.4 is 5.73 Å². The Morgan fingerprint density at radius 1 is 1.43 bits per heavy atom. The number of nitrogens with one attached hydrogen (secondary N) is 1. The molecular formula is C8H7N2O4. The lowest BCUT2D eigenvalue weighted by molar-refractivity contribution is -0.574. The van der Waals surface area contributed by atoms with E-state index in [2.05, 4.69) is 4.74 Å². The quantitative estimate of drug-likeness (QED) is 0.413. The van der Waals surface area contributed by atoms with Crippen LogP contribution in [0, 0.1) is 10.1 Å². The van der Waals surface area contributed by atoms with Gasteiger partial charge in [0, 0.05) is 0 Å². The second kappa shape index (κ2) is 4.22. The normalized spacial score (nSPS) is 11.7. The molecule has 1 radical (unpaired) electrons. The predicted octanol–water partition coefficient (Wildman–Crippen LogP) is 1.38. The molecule has 0 heterocycles. The molecule has 1 N–H and O–H groups in total. The summed E-state index contributed by atoms with van der Waals surface area (Å²) in [4.78, 5) is 20.0. The highest BCUT2D eigenvalue weighted by atomic mass is 16.7. The van der Waals surface area contributed by atoms with Crippen LogP contribution in [0.4, 0.5) is 4.79 Å². The molecular weight excluding hydrogens is 188 g/mol. The van der Waals surface area contributed by atoms with E-state index in [-0.39, 0.29) is 5.56 Å². The van der Waals surface area contributed by atoms with Crippen LogP contribution in [-0.4, -0.2) is 11.0 Å². The van der Waals surface area contributed by atoms with Crippen LogP contribution in [0.1, 0.15) is 11.8 Å². The molecule has 0 aliphatic heterocycles. The van der Waals surface area contributed by atoms with Crippen molar-refractivity contribution in [1.82, 2.24) is 5.73 Å². The van der Waals surface area contributed by atoms with E-state index in [4.69, 9.17) is 5.73 Å². The summed E-state index contributed by atoms with van der Waals surface area (Å²) >= 11 is 0. The van der Waals surface area contributed by atoms with E-state index < -0.39 is 17.2 Å². The number of carbonyl (C=O) groups is 1. The van der Waals surface area contributed by atoms with Gasteiger partial charge in [-0.05, 0) is 12.1 Å². The molecule has 1 rings (SSSR count). The van der Waals surface area contributed by atoms with Crippen molar-refractivity contribution in [3.8, 4) is 0 Å². The Kier molecular flexibility index (Phi) is 3.01. The Bertz CT molecular complexity index is 338. The van der Waals surface area contributed by atoms with Crippen molar-refractivity contribution in [2.24, 2.45) is 0 Å². The van der Waals surface area contributed by atoms with Crippen LogP contribution in [-0.2, 0) is 4.74 Å². The fraction of sp³-hybridized carbons (Fsp3) is 0.125. The summed E-state index contributed by atoms with van der Waals surface area (Å²) < 4.78 is 4.23. The van der Waals surface area contributed by atoms with Gasteiger partial charge in [-0.25, -0.2) is 10.5 Å². The van der Waals surface area contributed by atoms with Crippen molar-refractivity contribution in [1.29, 1.82) is 0 Å². The molecule has 0 saturated carbocycles. The molecule has 1 aromatic carbocycles. The van der Waals surface area contributed by atoms with E-state index in [1.807, 2.05) is 0 Å². The lowest BCUT2D eigenvalue weighted by atomic mass is 10.2. The Morgan fingerprint density at radius 3 is 2.43 bits per heavy atom. The molecule has 1 atom stereocenters. The number of rotatable bonds is 3. The second-order valence-corrected chi connectivity index (χ2v) is 2.45. The number of benzene rings is 1. The Labute approximate surface area is 79.4 Å². The Hall–Kier alpha value is -2.11. The Balaban J connectivity index is 2.89. The standard InChI is InChI=1S/C8H7N2O4/c9-8(11)14-7(10(12)13)6-4-2-1-3-5-6/h1-5,7,9H. The third-order valence-electron chi connectivity index (χ3n) is 1.49. The first-order chi connectivity index (χ1) is 6.61. The zero-order chi connectivity index (χ0) is 10.6. The van der Waals surface area contributed by atoms with Crippen LogP contribution in [0.25, 0.3) is 0 Å². The predicted molar refractivity (Wildman–Crippen MR) is 45.8 cm³/mol. The van der Waals surface area contributed by atoms with Crippen molar-refractivity contribution in [3.63, 3.8) is 0 Å². The Morgan fingerprint density at radius 2 is 2.00 bits per heavy atom. The molecule has 1 unspecified atom stereocenters. The zero-order valence-electron chi connectivity index (χ0n) is 7.04. The topological polar surface area (TPSA) is 93.2 Å². The maximum absolute atomic E-state index is 10.5. The van der Waals surface area contributed by atoms with Crippen molar-refractivity contribution in [2.75, 3.05) is 0 Å². The van der Waals surface area contributed by atoms with Gasteiger partial charge in [-0.3, -0.25) is 10.1 Å². The van der Waals surface area contributed by atoms with Gasteiger partial charge in [0.1, 0.15) is 0 Å². The summed E-state index contributed by atoms with van der Waals surface area (Å²) in [5.41, 5.74) is 6.72. The molecule has 1 aromatic rings. The number of ether oxygens (including phenoxy) is 1. The first-order valence-electron chi connectivity index (χ1n) is 3.72. The number of carbonyl (C=O) groups excluding carboxylic acids is 1. The molecule has 6 nitrogen and oxygen atoms in total. The van der Waals surface area contributed by atoms with Gasteiger partial charge in [-0.2, -0.15) is 0 Å². The SMILES string of the molecule is [NH]C(=O)OC(c1ccccc1)[N+](=O)[O-]. The fourth-order valence-electron chi connectivity index (χ4n) is 0.952. The number of hydrogen-bond donors (Lipinski definition) is 0. The van der Waals surface area contributed by atoms with Gasteiger partial charge in [-0.15, -0.1) is 0 Å². The van der Waals surface area contributed by atoms with Crippen LogP contribution in [0.3, 0.4) is 0 Å². The third-order valence-corrected chi connectivity index (χ3v) is 1.49. The molecule has 0 spiro atoms. The van der Waals surface area contributed by atoms with Gasteiger partial charge in [0.15, 0.2) is 0 Å². The fourth-order valence-corrected chi connectivity index (χ4v) is 0.952. The number of amides is 1. The smallest absolute Gasteiger partial charge is 0.376 e. The molecule has 1 amide bonds. The van der Waals surface area contributed by atoms with E-state index in [9.17, 15) is 14.9 Å². The van der Waals surface area contributed by atoms with Gasteiger partial charge in [0.25, 0.3) is 0 Å². The lowest BCUT2D eigenvalue weighted by Crippen LogP contribution is -2.18. The molecule has 0 fully saturated rings. The summed E-state index contributed by atoms with van der Waals surface area (Å²) in [6.07, 6.45) is -3.02. The van der Waals surface area contributed by atoms with Crippen LogP contribution in [0.5, 0.6) is 0 Å². The molecule has 73 valence electrons. The minimum atomic E-state index is -1.60. The van der Waals surface area contributed by atoms with Crippen LogP contribution in [0.15, 0.2) is 30.3 Å². The van der Waals surface area contributed by atoms with Crippen molar-refractivity contribution < 1.29 is 14.5 Å². The first kappa shape index (κ1) is 9.97. The second-order valence-electron chi connectivity index (χ2n) is 2.45. The van der Waals surface area contributed by atoms with Gasteiger partial charge in [0.2, 0.25) is 0 Å². The highest BCUT2D eigenvalue weighted by molar-refractivity contribution is 5.63. The van der Waals surface area contributed by atoms with Gasteiger partial charge in [0.05, 0.1) is 10.5 Å². The molecule has 14 heavy (non-hydrogen) atoms. The van der Waals surface area contributed by atoms with Crippen molar-refractivity contribution >= 4 is 6.09 Å². The van der Waals surface area contributed by atoms with Crippen molar-refractivity contribution in [3.05, 3.63) is 46.0 Å². The zero-order valence-corrected chi connectivity index (χ0v) is 7.04. The largest absolute Gasteiger partial charge is 0.431 e. The van der Waals surface area contributed by atoms with Crippen LogP contribution >= 0.6 is 0 Å². The molecule has 0 bridgehead atoms. The summed E-state index contributed by atoms with van der Waals surface area (Å²) in [5.74, 6) is 0. The average Bonchev–Trinajstić information content (AvgIpc) is 2.15. The maximum Gasteiger partial charge on any atom is 0.431 e. The van der Waals surface area contributed by atoms with Crippen LogP contribution in [0.2, 0.25) is 0 Å². The third kappa shape index (κ3) is 2.44. The summed E-state index contributed by atoms with van der Waals surface area (Å²) in [6.45, 7) is 0. The number of nitro groups is 1. The van der Waals surface area contributed by atoms with E-state index in [0.29, 0.717) is 0 Å². The average molecular weight is 195 g/mol. The summed E-state index contributed by atoms with van der Waals surface area (Å²) in [5, 5.41) is 10.5. The minimum Gasteiger partial charge on any atom is -0.376 e. The highest BCUT2D eigenvalue weighted by Gasteiger charge is 2.25. The van der Waals surface area contributed by atoms with Crippen molar-refractivity contribution in [2.45, 2.75) is 6.23 Å². The number of nitrogens with zero attached hydrogens (tertiary/aromatic N) is 1. The maximum atomic E-state index is 10.5. The summed E-state index contributed by atoms with van der Waals surface area (Å²) in [7, 11) is 0. The molecule has 0 aliphatic carbocycles. The highest BCUT2D eigenvalue weighted by Crippen LogP contribution is 2.17. The monoisotopic (exact) mass is 195 g/mol. The van der Waals surface area contributed by atoms with E-state index in [1.165, 1.54) is 12.1 Å². The van der Waals surface area contributed by atoms with E-state index in [0.717, 1.165) is 0 Å². The van der Waals surface area contributed by atoms with Gasteiger partial charge in [-0.1, -0.05) is 18.2 Å². The molecule has 0 aliphatic rings. The first-order valence-corrected chi connectivity index (χ1v) is 3.72. The minimum absolute atomic E-state index is 0.234.